The summed E-state index contributed by atoms with van der Waals surface area (Å²) in [5.41, 5.74) is 0.142. The van der Waals surface area contributed by atoms with Crippen molar-refractivity contribution in [3.63, 3.8) is 0 Å². The molecule has 0 amide bonds. The SMILES string of the molecule is COCCOCC(O)COc1cccc(C(=O)O)c1. The molecule has 0 heterocycles. The number of carbonyl (C=O) groups is 1. The van der Waals surface area contributed by atoms with E-state index in [-0.39, 0.29) is 18.8 Å². The molecule has 0 aliphatic rings. The summed E-state index contributed by atoms with van der Waals surface area (Å²) in [6.07, 6.45) is -0.773. The summed E-state index contributed by atoms with van der Waals surface area (Å²) in [5, 5.41) is 18.4. The largest absolute Gasteiger partial charge is 0.491 e. The molecule has 1 unspecified atom stereocenters. The number of methoxy groups -OCH3 is 1. The van der Waals surface area contributed by atoms with E-state index in [1.165, 1.54) is 12.1 Å². The molecule has 0 aliphatic heterocycles. The average Bonchev–Trinajstić information content (AvgIpc) is 2.41. The van der Waals surface area contributed by atoms with Gasteiger partial charge in [0.2, 0.25) is 0 Å². The van der Waals surface area contributed by atoms with E-state index in [0.717, 1.165) is 0 Å². The lowest BCUT2D eigenvalue weighted by Gasteiger charge is -2.13. The third-order valence-corrected chi connectivity index (χ3v) is 2.27. The molecule has 0 aliphatic carbocycles. The van der Waals surface area contributed by atoms with Crippen LogP contribution in [0.15, 0.2) is 24.3 Å². The molecule has 2 N–H and O–H groups in total. The van der Waals surface area contributed by atoms with Crippen LogP contribution in [0.25, 0.3) is 0 Å². The van der Waals surface area contributed by atoms with Crippen LogP contribution < -0.4 is 4.74 Å². The number of ether oxygens (including phenoxy) is 3. The van der Waals surface area contributed by atoms with Gasteiger partial charge in [0.15, 0.2) is 0 Å². The standard InChI is InChI=1S/C13H18O6/c1-17-5-6-18-8-11(14)9-19-12-4-2-3-10(7-12)13(15)16/h2-4,7,11,14H,5-6,8-9H2,1H3,(H,15,16). The van der Waals surface area contributed by atoms with Crippen molar-refractivity contribution in [2.75, 3.05) is 33.5 Å². The summed E-state index contributed by atoms with van der Waals surface area (Å²) in [6.45, 7) is 1.05. The minimum atomic E-state index is -1.02. The van der Waals surface area contributed by atoms with Crippen molar-refractivity contribution >= 4 is 5.97 Å². The minimum absolute atomic E-state index is 0.0378. The van der Waals surface area contributed by atoms with E-state index in [1.807, 2.05) is 0 Å². The average molecular weight is 270 g/mol. The molecule has 1 aromatic carbocycles. The van der Waals surface area contributed by atoms with Gasteiger partial charge in [-0.15, -0.1) is 0 Å². The Hall–Kier alpha value is -1.63. The molecule has 1 rings (SSSR count). The van der Waals surface area contributed by atoms with Crippen LogP contribution in [0.1, 0.15) is 10.4 Å². The summed E-state index contributed by atoms with van der Waals surface area (Å²) in [7, 11) is 1.57. The summed E-state index contributed by atoms with van der Waals surface area (Å²) in [4.78, 5) is 10.8. The van der Waals surface area contributed by atoms with Gasteiger partial charge in [0, 0.05) is 7.11 Å². The maximum absolute atomic E-state index is 10.8. The number of carboxylic acids is 1. The van der Waals surface area contributed by atoms with Crippen LogP contribution in [-0.2, 0) is 9.47 Å². The van der Waals surface area contributed by atoms with Crippen LogP contribution in [0.3, 0.4) is 0 Å². The quantitative estimate of drug-likeness (QED) is 0.645. The zero-order chi connectivity index (χ0) is 14.1. The van der Waals surface area contributed by atoms with Crippen molar-refractivity contribution in [1.29, 1.82) is 0 Å². The van der Waals surface area contributed by atoms with Gasteiger partial charge in [0.1, 0.15) is 18.5 Å². The molecule has 0 spiro atoms. The number of hydrogen-bond acceptors (Lipinski definition) is 5. The van der Waals surface area contributed by atoms with Gasteiger partial charge >= 0.3 is 5.97 Å². The van der Waals surface area contributed by atoms with Gasteiger partial charge in [0.05, 0.1) is 25.4 Å². The Morgan fingerprint density at radius 1 is 1.32 bits per heavy atom. The fourth-order valence-corrected chi connectivity index (χ4v) is 1.32. The fourth-order valence-electron chi connectivity index (χ4n) is 1.32. The monoisotopic (exact) mass is 270 g/mol. The van der Waals surface area contributed by atoms with Crippen molar-refractivity contribution in [2.45, 2.75) is 6.10 Å². The van der Waals surface area contributed by atoms with E-state index in [4.69, 9.17) is 19.3 Å². The van der Waals surface area contributed by atoms with E-state index >= 15 is 0 Å². The molecular weight excluding hydrogens is 252 g/mol. The first kappa shape index (κ1) is 15.4. The molecule has 0 saturated carbocycles. The maximum atomic E-state index is 10.8. The van der Waals surface area contributed by atoms with Crippen molar-refractivity contribution in [2.24, 2.45) is 0 Å². The van der Waals surface area contributed by atoms with Crippen LogP contribution in [0.4, 0.5) is 0 Å². The summed E-state index contributed by atoms with van der Waals surface area (Å²) < 4.78 is 15.2. The predicted molar refractivity (Wildman–Crippen MR) is 67.6 cm³/mol. The van der Waals surface area contributed by atoms with Crippen molar-refractivity contribution < 1.29 is 29.2 Å². The first-order valence-electron chi connectivity index (χ1n) is 5.84. The molecule has 1 aromatic rings. The second-order valence-electron chi connectivity index (χ2n) is 3.87. The van der Waals surface area contributed by atoms with E-state index in [1.54, 1.807) is 19.2 Å². The van der Waals surface area contributed by atoms with Gasteiger partial charge in [-0.05, 0) is 18.2 Å². The van der Waals surface area contributed by atoms with Crippen molar-refractivity contribution in [3.8, 4) is 5.75 Å². The van der Waals surface area contributed by atoms with E-state index < -0.39 is 12.1 Å². The highest BCUT2D eigenvalue weighted by Crippen LogP contribution is 2.13. The highest BCUT2D eigenvalue weighted by atomic mass is 16.5. The van der Waals surface area contributed by atoms with Crippen LogP contribution in [0.2, 0.25) is 0 Å². The number of carboxylic acid groups (broad SMARTS) is 1. The minimum Gasteiger partial charge on any atom is -0.491 e. The lowest BCUT2D eigenvalue weighted by Crippen LogP contribution is -2.24. The Morgan fingerprint density at radius 3 is 2.79 bits per heavy atom. The number of rotatable bonds is 9. The fraction of sp³-hybridized carbons (Fsp3) is 0.462. The Balaban J connectivity index is 2.31. The Kier molecular flexibility index (Phi) is 6.88. The van der Waals surface area contributed by atoms with E-state index in [2.05, 4.69) is 0 Å². The van der Waals surface area contributed by atoms with Gasteiger partial charge in [-0.2, -0.15) is 0 Å². The molecule has 0 bridgehead atoms. The third-order valence-electron chi connectivity index (χ3n) is 2.27. The van der Waals surface area contributed by atoms with Gasteiger partial charge < -0.3 is 24.4 Å². The highest BCUT2D eigenvalue weighted by molar-refractivity contribution is 5.87. The first-order valence-corrected chi connectivity index (χ1v) is 5.84. The lowest BCUT2D eigenvalue weighted by atomic mass is 10.2. The van der Waals surface area contributed by atoms with Crippen LogP contribution in [0.5, 0.6) is 5.75 Å². The van der Waals surface area contributed by atoms with Gasteiger partial charge in [0.25, 0.3) is 0 Å². The normalized spacial score (nSPS) is 12.1. The van der Waals surface area contributed by atoms with E-state index in [9.17, 15) is 9.90 Å². The highest BCUT2D eigenvalue weighted by Gasteiger charge is 2.07. The Bertz CT molecular complexity index is 392. The summed E-state index contributed by atoms with van der Waals surface area (Å²) in [6, 6.07) is 6.09. The van der Waals surface area contributed by atoms with Gasteiger partial charge in [-0.3, -0.25) is 0 Å². The molecule has 6 heteroatoms. The van der Waals surface area contributed by atoms with Crippen molar-refractivity contribution in [3.05, 3.63) is 29.8 Å². The Morgan fingerprint density at radius 2 is 2.11 bits per heavy atom. The van der Waals surface area contributed by atoms with E-state index in [0.29, 0.717) is 19.0 Å². The lowest BCUT2D eigenvalue weighted by molar-refractivity contribution is -0.00420. The molecule has 0 aromatic heterocycles. The number of aliphatic hydroxyl groups is 1. The molecule has 106 valence electrons. The second kappa shape index (κ2) is 8.47. The van der Waals surface area contributed by atoms with Crippen LogP contribution >= 0.6 is 0 Å². The Labute approximate surface area is 111 Å². The van der Waals surface area contributed by atoms with Crippen molar-refractivity contribution in [1.82, 2.24) is 0 Å². The smallest absolute Gasteiger partial charge is 0.335 e. The zero-order valence-corrected chi connectivity index (χ0v) is 10.7. The predicted octanol–water partition coefficient (Wildman–Crippen LogP) is 0.787. The molecule has 0 fully saturated rings. The van der Waals surface area contributed by atoms with Gasteiger partial charge in [-0.25, -0.2) is 4.79 Å². The third kappa shape index (κ3) is 6.19. The second-order valence-corrected chi connectivity index (χ2v) is 3.87. The molecule has 19 heavy (non-hydrogen) atoms. The first-order chi connectivity index (χ1) is 9.13. The van der Waals surface area contributed by atoms with Gasteiger partial charge in [-0.1, -0.05) is 6.07 Å². The topological polar surface area (TPSA) is 85.2 Å². The van der Waals surface area contributed by atoms with Crippen LogP contribution in [-0.4, -0.2) is 55.8 Å². The molecule has 1 atom stereocenters. The summed E-state index contributed by atoms with van der Waals surface area (Å²) in [5.74, 6) is -0.621. The number of hydrogen-bond donors (Lipinski definition) is 2. The van der Waals surface area contributed by atoms with Crippen LogP contribution in [0, 0.1) is 0 Å². The molecular formula is C13H18O6. The molecule has 0 radical (unpaired) electrons. The number of aromatic carboxylic acids is 1. The molecule has 0 saturated heterocycles. The zero-order valence-electron chi connectivity index (χ0n) is 10.7. The summed E-state index contributed by atoms with van der Waals surface area (Å²) >= 11 is 0. The number of aliphatic hydroxyl groups excluding tert-OH is 1. The number of benzene rings is 1. The maximum Gasteiger partial charge on any atom is 0.335 e. The molecule has 6 nitrogen and oxygen atoms in total.